The molecule has 0 spiro atoms. The Hall–Kier alpha value is -1.82. The number of aryl methyl sites for hydroxylation is 1. The van der Waals surface area contributed by atoms with Crippen LogP contribution in [0.5, 0.6) is 0 Å². The second-order valence-electron chi connectivity index (χ2n) is 4.27. The van der Waals surface area contributed by atoms with Crippen LogP contribution in [0.25, 0.3) is 0 Å². The Morgan fingerprint density at radius 3 is 2.80 bits per heavy atom. The summed E-state index contributed by atoms with van der Waals surface area (Å²) in [4.78, 5) is 11.8. The van der Waals surface area contributed by atoms with E-state index in [1.54, 1.807) is 12.3 Å². The zero-order valence-corrected chi connectivity index (χ0v) is 11.5. The summed E-state index contributed by atoms with van der Waals surface area (Å²) in [7, 11) is 0. The fraction of sp³-hybridized carbons (Fsp3) is 0.214. The highest BCUT2D eigenvalue weighted by Crippen LogP contribution is 2.23. The van der Waals surface area contributed by atoms with E-state index in [9.17, 15) is 13.6 Å². The van der Waals surface area contributed by atoms with E-state index in [0.29, 0.717) is 24.4 Å². The Bertz CT molecular complexity index is 658. The quantitative estimate of drug-likeness (QED) is 0.682. The molecule has 0 aliphatic heterocycles. The molecule has 0 aliphatic carbocycles. The summed E-state index contributed by atoms with van der Waals surface area (Å²) >= 11 is 1.23. The maximum absolute atomic E-state index is 13.4. The van der Waals surface area contributed by atoms with Gasteiger partial charge in [-0.05, 0) is 36.4 Å². The smallest absolute Gasteiger partial charge is 0.250 e. The average molecular weight is 296 g/mol. The number of halogens is 2. The lowest BCUT2D eigenvalue weighted by Crippen LogP contribution is -2.19. The van der Waals surface area contributed by atoms with Crippen molar-refractivity contribution < 1.29 is 8.78 Å². The maximum atomic E-state index is 13.4. The van der Waals surface area contributed by atoms with Crippen molar-refractivity contribution in [2.45, 2.75) is 17.9 Å². The summed E-state index contributed by atoms with van der Waals surface area (Å²) in [5.74, 6) is -0.305. The Balaban J connectivity index is 1.89. The first-order valence-corrected chi connectivity index (χ1v) is 7.08. The molecule has 0 amide bonds. The molecule has 0 saturated heterocycles. The number of hydrogen-bond donors (Lipinski definition) is 1. The minimum atomic E-state index is -0.457. The number of thioether (sulfide) groups is 1. The number of anilines is 1. The van der Waals surface area contributed by atoms with Gasteiger partial charge in [0.25, 0.3) is 5.56 Å². The van der Waals surface area contributed by atoms with Crippen LogP contribution in [-0.4, -0.2) is 10.3 Å². The average Bonchev–Trinajstić information content (AvgIpc) is 2.42. The van der Waals surface area contributed by atoms with Gasteiger partial charge < -0.3 is 10.3 Å². The molecule has 0 unspecified atom stereocenters. The first-order chi connectivity index (χ1) is 9.56. The van der Waals surface area contributed by atoms with Crippen LogP contribution in [0, 0.1) is 11.6 Å². The van der Waals surface area contributed by atoms with Gasteiger partial charge in [-0.2, -0.15) is 0 Å². The second kappa shape index (κ2) is 6.56. The third kappa shape index (κ3) is 3.84. The summed E-state index contributed by atoms with van der Waals surface area (Å²) in [5.41, 5.74) is 6.00. The second-order valence-corrected chi connectivity index (χ2v) is 5.41. The minimum Gasteiger partial charge on any atom is -0.398 e. The first kappa shape index (κ1) is 14.6. The molecule has 0 radical (unpaired) electrons. The fourth-order valence-electron chi connectivity index (χ4n) is 1.73. The number of pyridine rings is 1. The topological polar surface area (TPSA) is 48.0 Å². The zero-order chi connectivity index (χ0) is 14.5. The van der Waals surface area contributed by atoms with E-state index >= 15 is 0 Å². The third-order valence-corrected chi connectivity index (χ3v) is 3.82. The van der Waals surface area contributed by atoms with Crippen LogP contribution in [0.3, 0.4) is 0 Å². The molecule has 2 rings (SSSR count). The van der Waals surface area contributed by atoms with Gasteiger partial charge in [0, 0.05) is 29.4 Å². The van der Waals surface area contributed by atoms with E-state index in [1.807, 2.05) is 0 Å². The van der Waals surface area contributed by atoms with Crippen molar-refractivity contribution in [3.63, 3.8) is 0 Å². The highest BCUT2D eigenvalue weighted by molar-refractivity contribution is 7.99. The lowest BCUT2D eigenvalue weighted by Gasteiger charge is -2.07. The Labute approximate surface area is 119 Å². The number of nitrogen functional groups attached to an aromatic ring is 1. The standard InChI is InChI=1S/C14H14F2N2OS/c15-10-2-4-12(16)13(8-10)20-7-1-6-18-9-11(17)3-5-14(18)19/h2-5,8-9H,1,6-7,17H2. The van der Waals surface area contributed by atoms with Crippen molar-refractivity contribution in [3.05, 3.63) is 58.5 Å². The summed E-state index contributed by atoms with van der Waals surface area (Å²) in [6.07, 6.45) is 2.24. The SMILES string of the molecule is Nc1ccc(=O)n(CCCSc2cc(F)ccc2F)c1. The number of benzene rings is 1. The van der Waals surface area contributed by atoms with Gasteiger partial charge in [-0.3, -0.25) is 4.79 Å². The largest absolute Gasteiger partial charge is 0.398 e. The summed E-state index contributed by atoms with van der Waals surface area (Å²) in [6.45, 7) is 0.494. The van der Waals surface area contributed by atoms with Crippen LogP contribution in [0.1, 0.15) is 6.42 Å². The van der Waals surface area contributed by atoms with Gasteiger partial charge >= 0.3 is 0 Å². The molecule has 0 bridgehead atoms. The van der Waals surface area contributed by atoms with Crippen LogP contribution in [-0.2, 0) is 6.54 Å². The van der Waals surface area contributed by atoms with Crippen LogP contribution in [0.15, 0.2) is 46.2 Å². The summed E-state index contributed by atoms with van der Waals surface area (Å²) < 4.78 is 27.9. The Kier molecular flexibility index (Phi) is 4.79. The highest BCUT2D eigenvalue weighted by Gasteiger charge is 2.04. The molecule has 3 nitrogen and oxygen atoms in total. The molecule has 1 aromatic heterocycles. The molecular weight excluding hydrogens is 282 g/mol. The van der Waals surface area contributed by atoms with Crippen molar-refractivity contribution >= 4 is 17.4 Å². The molecule has 1 aromatic carbocycles. The van der Waals surface area contributed by atoms with Crippen LogP contribution in [0.4, 0.5) is 14.5 Å². The highest BCUT2D eigenvalue weighted by atomic mass is 32.2. The Morgan fingerprint density at radius 1 is 1.20 bits per heavy atom. The number of nitrogens with zero attached hydrogens (tertiary/aromatic N) is 1. The molecule has 0 saturated carbocycles. The van der Waals surface area contributed by atoms with E-state index in [2.05, 4.69) is 0 Å². The van der Waals surface area contributed by atoms with Gasteiger partial charge in [-0.25, -0.2) is 8.78 Å². The van der Waals surface area contributed by atoms with Crippen LogP contribution >= 0.6 is 11.8 Å². The monoisotopic (exact) mass is 296 g/mol. The van der Waals surface area contributed by atoms with E-state index in [1.165, 1.54) is 28.5 Å². The van der Waals surface area contributed by atoms with E-state index < -0.39 is 11.6 Å². The summed E-state index contributed by atoms with van der Waals surface area (Å²) in [6, 6.07) is 6.34. The number of rotatable bonds is 5. The van der Waals surface area contributed by atoms with Crippen molar-refractivity contribution in [2.24, 2.45) is 0 Å². The fourth-order valence-corrected chi connectivity index (χ4v) is 2.62. The molecule has 0 aliphatic rings. The first-order valence-electron chi connectivity index (χ1n) is 6.10. The normalized spacial score (nSPS) is 10.7. The molecule has 1 heterocycles. The van der Waals surface area contributed by atoms with Gasteiger partial charge in [0.2, 0.25) is 0 Å². The van der Waals surface area contributed by atoms with Crippen molar-refractivity contribution in [3.8, 4) is 0 Å². The minimum absolute atomic E-state index is 0.124. The summed E-state index contributed by atoms with van der Waals surface area (Å²) in [5, 5.41) is 0. The maximum Gasteiger partial charge on any atom is 0.250 e. The van der Waals surface area contributed by atoms with Gasteiger partial charge in [0.05, 0.1) is 0 Å². The lowest BCUT2D eigenvalue weighted by atomic mass is 10.3. The Morgan fingerprint density at radius 2 is 2.00 bits per heavy atom. The van der Waals surface area contributed by atoms with E-state index in [4.69, 9.17) is 5.73 Å². The van der Waals surface area contributed by atoms with Crippen LogP contribution in [0.2, 0.25) is 0 Å². The van der Waals surface area contributed by atoms with Gasteiger partial charge in [-0.1, -0.05) is 0 Å². The van der Waals surface area contributed by atoms with Crippen molar-refractivity contribution in [1.29, 1.82) is 0 Å². The number of nitrogens with two attached hydrogens (primary N) is 1. The predicted octanol–water partition coefficient (Wildman–Crippen LogP) is 2.89. The van der Waals surface area contributed by atoms with Crippen LogP contribution < -0.4 is 11.3 Å². The van der Waals surface area contributed by atoms with E-state index in [0.717, 1.165) is 12.1 Å². The molecule has 2 N–H and O–H groups in total. The molecule has 106 valence electrons. The number of aromatic nitrogens is 1. The van der Waals surface area contributed by atoms with Gasteiger partial charge in [0.15, 0.2) is 0 Å². The predicted molar refractivity (Wildman–Crippen MR) is 76.8 cm³/mol. The van der Waals surface area contributed by atoms with Gasteiger partial charge in [-0.15, -0.1) is 11.8 Å². The number of hydrogen-bond acceptors (Lipinski definition) is 3. The molecule has 2 aromatic rings. The molecule has 0 atom stereocenters. The van der Waals surface area contributed by atoms with E-state index in [-0.39, 0.29) is 10.5 Å². The lowest BCUT2D eigenvalue weighted by molar-refractivity contribution is 0.577. The molecule has 20 heavy (non-hydrogen) atoms. The third-order valence-electron chi connectivity index (χ3n) is 2.70. The van der Waals surface area contributed by atoms with Crippen molar-refractivity contribution in [1.82, 2.24) is 4.57 Å². The molecule has 6 heteroatoms. The van der Waals surface area contributed by atoms with Gasteiger partial charge in [0.1, 0.15) is 11.6 Å². The molecule has 0 fully saturated rings. The zero-order valence-electron chi connectivity index (χ0n) is 10.7. The molecular formula is C14H14F2N2OS. The van der Waals surface area contributed by atoms with Crippen molar-refractivity contribution in [2.75, 3.05) is 11.5 Å².